The Balaban J connectivity index is 2.35. The van der Waals surface area contributed by atoms with Crippen molar-refractivity contribution in [2.75, 3.05) is 19.7 Å². The van der Waals surface area contributed by atoms with Crippen molar-refractivity contribution in [2.24, 2.45) is 0 Å². The van der Waals surface area contributed by atoms with Gasteiger partial charge in [-0.25, -0.2) is 4.79 Å². The first-order valence-electron chi connectivity index (χ1n) is 6.47. The van der Waals surface area contributed by atoms with Crippen LogP contribution in [0, 0.1) is 0 Å². The van der Waals surface area contributed by atoms with E-state index in [1.54, 1.807) is 12.1 Å². The maximum absolute atomic E-state index is 11.0. The van der Waals surface area contributed by atoms with E-state index < -0.39 is 12.2 Å². The Labute approximate surface area is 113 Å². The van der Waals surface area contributed by atoms with Gasteiger partial charge in [0.05, 0.1) is 6.54 Å². The minimum atomic E-state index is -1.01. The molecule has 0 aromatic heterocycles. The first-order valence-corrected chi connectivity index (χ1v) is 6.47. The fourth-order valence-electron chi connectivity index (χ4n) is 1.63. The van der Waals surface area contributed by atoms with Crippen molar-refractivity contribution in [1.29, 1.82) is 0 Å². The van der Waals surface area contributed by atoms with E-state index in [2.05, 4.69) is 0 Å². The zero-order valence-electron chi connectivity index (χ0n) is 11.2. The zero-order valence-corrected chi connectivity index (χ0v) is 11.2. The first-order chi connectivity index (χ1) is 9.13. The smallest absolute Gasteiger partial charge is 0.407 e. The highest BCUT2D eigenvalue weighted by atomic mass is 16.5. The maximum Gasteiger partial charge on any atom is 0.407 e. The van der Waals surface area contributed by atoms with Gasteiger partial charge in [-0.1, -0.05) is 31.5 Å². The van der Waals surface area contributed by atoms with Gasteiger partial charge in [0.15, 0.2) is 0 Å². The van der Waals surface area contributed by atoms with Crippen molar-refractivity contribution < 1.29 is 19.7 Å². The lowest BCUT2D eigenvalue weighted by Crippen LogP contribution is -2.39. The number of hydrogen-bond acceptors (Lipinski definition) is 3. The highest BCUT2D eigenvalue weighted by Gasteiger charge is 2.16. The number of nitrogens with zero attached hydrogens (tertiary/aromatic N) is 1. The summed E-state index contributed by atoms with van der Waals surface area (Å²) in [4.78, 5) is 12.2. The summed E-state index contributed by atoms with van der Waals surface area (Å²) >= 11 is 0. The van der Waals surface area contributed by atoms with Gasteiger partial charge < -0.3 is 19.8 Å². The number of para-hydroxylation sites is 1. The molecule has 106 valence electrons. The van der Waals surface area contributed by atoms with Crippen molar-refractivity contribution in [2.45, 2.75) is 25.9 Å². The van der Waals surface area contributed by atoms with Crippen molar-refractivity contribution in [3.8, 4) is 5.75 Å². The molecule has 19 heavy (non-hydrogen) atoms. The van der Waals surface area contributed by atoms with E-state index in [0.29, 0.717) is 12.3 Å². The number of carbonyl (C=O) groups is 1. The molecule has 1 aromatic carbocycles. The molecule has 0 fully saturated rings. The molecule has 0 aliphatic rings. The third-order valence-corrected chi connectivity index (χ3v) is 2.67. The number of carboxylic acid groups (broad SMARTS) is 1. The number of unbranched alkanes of at least 4 members (excludes halogenated alkanes) is 1. The minimum absolute atomic E-state index is 0.0716. The molecule has 0 aliphatic heterocycles. The number of benzene rings is 1. The molecule has 5 heteroatoms. The van der Waals surface area contributed by atoms with Crippen LogP contribution in [0.5, 0.6) is 5.75 Å². The van der Waals surface area contributed by atoms with Gasteiger partial charge in [-0.2, -0.15) is 0 Å². The van der Waals surface area contributed by atoms with Gasteiger partial charge in [-0.3, -0.25) is 0 Å². The van der Waals surface area contributed by atoms with Crippen LogP contribution in [0.2, 0.25) is 0 Å². The number of aliphatic hydroxyl groups is 1. The van der Waals surface area contributed by atoms with Crippen LogP contribution in [0.4, 0.5) is 4.79 Å². The highest BCUT2D eigenvalue weighted by molar-refractivity contribution is 5.64. The zero-order chi connectivity index (χ0) is 14.1. The molecular formula is C14H21NO4. The van der Waals surface area contributed by atoms with Crippen LogP contribution in [-0.4, -0.2) is 47.0 Å². The van der Waals surface area contributed by atoms with Gasteiger partial charge in [0.25, 0.3) is 0 Å². The second-order valence-corrected chi connectivity index (χ2v) is 4.36. The highest BCUT2D eigenvalue weighted by Crippen LogP contribution is 2.09. The predicted octanol–water partition coefficient (Wildman–Crippen LogP) is 2.21. The van der Waals surface area contributed by atoms with Crippen molar-refractivity contribution in [3.63, 3.8) is 0 Å². The Kier molecular flexibility index (Phi) is 6.74. The summed E-state index contributed by atoms with van der Waals surface area (Å²) in [5.74, 6) is 0.664. The fraction of sp³-hybridized carbons (Fsp3) is 0.500. The van der Waals surface area contributed by atoms with Crippen LogP contribution in [0.3, 0.4) is 0 Å². The van der Waals surface area contributed by atoms with Crippen molar-refractivity contribution in [1.82, 2.24) is 4.90 Å². The van der Waals surface area contributed by atoms with Crippen LogP contribution < -0.4 is 4.74 Å². The average molecular weight is 267 g/mol. The molecule has 0 heterocycles. The summed E-state index contributed by atoms with van der Waals surface area (Å²) in [6.45, 7) is 2.59. The van der Waals surface area contributed by atoms with E-state index in [0.717, 1.165) is 12.8 Å². The molecule has 0 bridgehead atoms. The number of ether oxygens (including phenoxy) is 1. The summed E-state index contributed by atoms with van der Waals surface area (Å²) in [7, 11) is 0. The van der Waals surface area contributed by atoms with Crippen LogP contribution in [-0.2, 0) is 0 Å². The topological polar surface area (TPSA) is 70.0 Å². The van der Waals surface area contributed by atoms with E-state index in [9.17, 15) is 9.90 Å². The third-order valence-electron chi connectivity index (χ3n) is 2.67. The molecule has 1 rings (SSSR count). The third kappa shape index (κ3) is 6.10. The van der Waals surface area contributed by atoms with Gasteiger partial charge in [0.2, 0.25) is 0 Å². The maximum atomic E-state index is 11.0. The normalized spacial score (nSPS) is 11.9. The lowest BCUT2D eigenvalue weighted by atomic mass is 10.3. The molecule has 0 aliphatic carbocycles. The molecule has 5 nitrogen and oxygen atoms in total. The molecule has 2 N–H and O–H groups in total. The molecule has 1 atom stereocenters. The second-order valence-electron chi connectivity index (χ2n) is 4.36. The molecule has 0 radical (unpaired) electrons. The van der Waals surface area contributed by atoms with Gasteiger partial charge in [0, 0.05) is 6.54 Å². The van der Waals surface area contributed by atoms with Crippen LogP contribution >= 0.6 is 0 Å². The fourth-order valence-corrected chi connectivity index (χ4v) is 1.63. The van der Waals surface area contributed by atoms with E-state index in [4.69, 9.17) is 9.84 Å². The summed E-state index contributed by atoms with van der Waals surface area (Å²) in [6.07, 6.45) is -0.126. The molecule has 0 saturated heterocycles. The Morgan fingerprint density at radius 3 is 2.63 bits per heavy atom. The first kappa shape index (κ1) is 15.3. The summed E-state index contributed by atoms with van der Waals surface area (Å²) < 4.78 is 5.38. The van der Waals surface area contributed by atoms with Gasteiger partial charge >= 0.3 is 6.09 Å². The summed E-state index contributed by atoms with van der Waals surface area (Å²) in [5.41, 5.74) is 0. The quantitative estimate of drug-likeness (QED) is 0.757. The Morgan fingerprint density at radius 2 is 2.05 bits per heavy atom. The van der Waals surface area contributed by atoms with Crippen LogP contribution in [0.25, 0.3) is 0 Å². The number of hydrogen-bond donors (Lipinski definition) is 2. The predicted molar refractivity (Wildman–Crippen MR) is 72.4 cm³/mol. The molecule has 0 spiro atoms. The van der Waals surface area contributed by atoms with Gasteiger partial charge in [-0.15, -0.1) is 0 Å². The molecule has 1 amide bonds. The lowest BCUT2D eigenvalue weighted by molar-refractivity contribution is 0.0648. The van der Waals surface area contributed by atoms with E-state index >= 15 is 0 Å². The van der Waals surface area contributed by atoms with Crippen LogP contribution in [0.15, 0.2) is 30.3 Å². The second kappa shape index (κ2) is 8.37. The van der Waals surface area contributed by atoms with Crippen molar-refractivity contribution in [3.05, 3.63) is 30.3 Å². The molecular weight excluding hydrogens is 246 g/mol. The van der Waals surface area contributed by atoms with Gasteiger partial charge in [0.1, 0.15) is 18.5 Å². The number of amides is 1. The van der Waals surface area contributed by atoms with Crippen molar-refractivity contribution >= 4 is 6.09 Å². The molecule has 1 unspecified atom stereocenters. The standard InChI is InChI=1S/C14H21NO4/c1-2-3-9-15(14(17)18)10-12(16)11-19-13-7-5-4-6-8-13/h4-8,12,16H,2-3,9-11H2,1H3,(H,17,18). The van der Waals surface area contributed by atoms with Gasteiger partial charge in [-0.05, 0) is 18.6 Å². The van der Waals surface area contributed by atoms with E-state index in [1.807, 2.05) is 25.1 Å². The summed E-state index contributed by atoms with van der Waals surface area (Å²) in [5, 5.41) is 18.8. The Bertz CT molecular complexity index is 369. The Hall–Kier alpha value is -1.75. The van der Waals surface area contributed by atoms with E-state index in [1.165, 1.54) is 4.90 Å². The average Bonchev–Trinajstić information content (AvgIpc) is 2.42. The lowest BCUT2D eigenvalue weighted by Gasteiger charge is -2.22. The Morgan fingerprint density at radius 1 is 1.37 bits per heavy atom. The number of rotatable bonds is 8. The monoisotopic (exact) mass is 267 g/mol. The molecule has 0 saturated carbocycles. The molecule has 1 aromatic rings. The van der Waals surface area contributed by atoms with Crippen LogP contribution in [0.1, 0.15) is 19.8 Å². The minimum Gasteiger partial charge on any atom is -0.491 e. The SMILES string of the molecule is CCCCN(CC(O)COc1ccccc1)C(=O)O. The number of aliphatic hydroxyl groups excluding tert-OH is 1. The largest absolute Gasteiger partial charge is 0.491 e. The van der Waals surface area contributed by atoms with E-state index in [-0.39, 0.29) is 13.2 Å². The summed E-state index contributed by atoms with van der Waals surface area (Å²) in [6, 6.07) is 9.14.